The van der Waals surface area contributed by atoms with Crippen molar-refractivity contribution in [3.05, 3.63) is 40.4 Å². The van der Waals surface area contributed by atoms with Crippen LogP contribution in [0, 0.1) is 6.92 Å². The minimum atomic E-state index is 0.350. The lowest BCUT2D eigenvalue weighted by Gasteiger charge is -2.04. The molecule has 4 nitrogen and oxygen atoms in total. The highest BCUT2D eigenvalue weighted by Gasteiger charge is 2.04. The molecule has 2 heterocycles. The van der Waals surface area contributed by atoms with Crippen LogP contribution in [-0.2, 0) is 6.54 Å². The van der Waals surface area contributed by atoms with Gasteiger partial charge in [0.1, 0.15) is 16.1 Å². The van der Waals surface area contributed by atoms with Crippen LogP contribution in [0.3, 0.4) is 0 Å². The molecule has 2 aromatic rings. The summed E-state index contributed by atoms with van der Waals surface area (Å²) >= 11 is 11.5. The highest BCUT2D eigenvalue weighted by molar-refractivity contribution is 6.33. The van der Waals surface area contributed by atoms with E-state index in [0.29, 0.717) is 22.7 Å². The van der Waals surface area contributed by atoms with Crippen molar-refractivity contribution in [1.29, 1.82) is 0 Å². The van der Waals surface area contributed by atoms with Crippen molar-refractivity contribution in [2.24, 2.45) is 0 Å². The minimum absolute atomic E-state index is 0.350. The zero-order chi connectivity index (χ0) is 10.8. The van der Waals surface area contributed by atoms with E-state index in [2.05, 4.69) is 15.0 Å². The lowest BCUT2D eigenvalue weighted by atomic mass is 10.5. The van der Waals surface area contributed by atoms with Crippen LogP contribution in [0.25, 0.3) is 0 Å². The fraction of sp³-hybridized carbons (Fsp3) is 0.222. The first-order valence-electron chi connectivity index (χ1n) is 4.32. The van der Waals surface area contributed by atoms with Crippen molar-refractivity contribution in [3.8, 4) is 0 Å². The van der Waals surface area contributed by atoms with Crippen molar-refractivity contribution in [3.63, 3.8) is 0 Å². The molecule has 0 aliphatic heterocycles. The van der Waals surface area contributed by atoms with Gasteiger partial charge < -0.3 is 4.57 Å². The highest BCUT2D eigenvalue weighted by atomic mass is 35.5. The smallest absolute Gasteiger partial charge is 0.151 e. The minimum Gasteiger partial charge on any atom is -0.328 e. The van der Waals surface area contributed by atoms with Crippen LogP contribution in [-0.4, -0.2) is 19.5 Å². The van der Waals surface area contributed by atoms with E-state index >= 15 is 0 Å². The van der Waals surface area contributed by atoms with Gasteiger partial charge >= 0.3 is 0 Å². The monoisotopic (exact) mass is 242 g/mol. The Kier molecular flexibility index (Phi) is 2.88. The maximum absolute atomic E-state index is 5.77. The SMILES string of the molecule is Cc1nccn1Cc1nc(Cl)cc(Cl)n1. The summed E-state index contributed by atoms with van der Waals surface area (Å²) in [7, 11) is 0. The van der Waals surface area contributed by atoms with Crippen LogP contribution in [0.2, 0.25) is 10.3 Å². The summed E-state index contributed by atoms with van der Waals surface area (Å²) in [6.07, 6.45) is 3.58. The standard InChI is InChI=1S/C9H8Cl2N4/c1-6-12-2-3-15(6)5-9-13-7(10)4-8(11)14-9/h2-4H,5H2,1H3. The molecule has 0 amide bonds. The van der Waals surface area contributed by atoms with E-state index in [1.54, 1.807) is 6.20 Å². The number of hydrogen-bond acceptors (Lipinski definition) is 3. The van der Waals surface area contributed by atoms with E-state index in [0.717, 1.165) is 5.82 Å². The molecule has 0 bridgehead atoms. The van der Waals surface area contributed by atoms with E-state index in [4.69, 9.17) is 23.2 Å². The first-order chi connectivity index (χ1) is 7.15. The maximum atomic E-state index is 5.77. The summed E-state index contributed by atoms with van der Waals surface area (Å²) in [6, 6.07) is 1.51. The Balaban J connectivity index is 2.28. The van der Waals surface area contributed by atoms with Gasteiger partial charge in [0.2, 0.25) is 0 Å². The molecular formula is C9H8Cl2N4. The van der Waals surface area contributed by atoms with Crippen molar-refractivity contribution in [1.82, 2.24) is 19.5 Å². The third kappa shape index (κ3) is 2.46. The Labute approximate surface area is 96.9 Å². The fourth-order valence-electron chi connectivity index (χ4n) is 1.23. The second-order valence-corrected chi connectivity index (χ2v) is 3.81. The third-order valence-corrected chi connectivity index (χ3v) is 2.33. The summed E-state index contributed by atoms with van der Waals surface area (Å²) < 4.78 is 1.92. The van der Waals surface area contributed by atoms with Gasteiger partial charge in [-0.15, -0.1) is 0 Å². The summed E-state index contributed by atoms with van der Waals surface area (Å²) in [6.45, 7) is 2.43. The molecule has 0 atom stereocenters. The van der Waals surface area contributed by atoms with Crippen LogP contribution in [0.4, 0.5) is 0 Å². The second kappa shape index (κ2) is 4.16. The van der Waals surface area contributed by atoms with E-state index in [1.165, 1.54) is 6.07 Å². The van der Waals surface area contributed by atoms with Crippen molar-refractivity contribution < 1.29 is 0 Å². The molecule has 0 aliphatic carbocycles. The predicted octanol–water partition coefficient (Wildman–Crippen LogP) is 2.34. The van der Waals surface area contributed by atoms with Crippen LogP contribution >= 0.6 is 23.2 Å². The Bertz CT molecular complexity index is 460. The third-order valence-electron chi connectivity index (χ3n) is 1.95. The normalized spacial score (nSPS) is 10.6. The van der Waals surface area contributed by atoms with Crippen LogP contribution in [0.15, 0.2) is 18.5 Å². The molecule has 0 aliphatic rings. The summed E-state index contributed by atoms with van der Waals surface area (Å²) in [5, 5.41) is 0.700. The molecule has 78 valence electrons. The fourth-order valence-corrected chi connectivity index (χ4v) is 1.69. The van der Waals surface area contributed by atoms with Gasteiger partial charge in [-0.05, 0) is 6.92 Å². The number of nitrogens with zero attached hydrogens (tertiary/aromatic N) is 4. The number of rotatable bonds is 2. The molecule has 0 saturated heterocycles. The first-order valence-corrected chi connectivity index (χ1v) is 5.07. The van der Waals surface area contributed by atoms with E-state index in [1.807, 2.05) is 17.7 Å². The molecule has 0 N–H and O–H groups in total. The van der Waals surface area contributed by atoms with Crippen molar-refractivity contribution >= 4 is 23.2 Å². The van der Waals surface area contributed by atoms with Gasteiger partial charge in [0.25, 0.3) is 0 Å². The average Bonchev–Trinajstić information content (AvgIpc) is 2.50. The van der Waals surface area contributed by atoms with Crippen LogP contribution in [0.1, 0.15) is 11.6 Å². The average molecular weight is 243 g/mol. The quantitative estimate of drug-likeness (QED) is 0.760. The second-order valence-electron chi connectivity index (χ2n) is 3.03. The number of hydrogen-bond donors (Lipinski definition) is 0. The number of halogens is 2. The Morgan fingerprint density at radius 1 is 1.27 bits per heavy atom. The first kappa shape index (κ1) is 10.4. The van der Waals surface area contributed by atoms with Gasteiger partial charge in [-0.2, -0.15) is 0 Å². The van der Waals surface area contributed by atoms with E-state index in [9.17, 15) is 0 Å². The van der Waals surface area contributed by atoms with Gasteiger partial charge in [-0.3, -0.25) is 0 Å². The molecule has 2 aromatic heterocycles. The predicted molar refractivity (Wildman–Crippen MR) is 58.1 cm³/mol. The van der Waals surface area contributed by atoms with E-state index < -0.39 is 0 Å². The zero-order valence-electron chi connectivity index (χ0n) is 7.98. The lowest BCUT2D eigenvalue weighted by Crippen LogP contribution is -2.05. The molecule has 0 spiro atoms. The van der Waals surface area contributed by atoms with Crippen LogP contribution < -0.4 is 0 Å². The number of aryl methyl sites for hydroxylation is 1. The van der Waals surface area contributed by atoms with E-state index in [-0.39, 0.29) is 0 Å². The molecular weight excluding hydrogens is 235 g/mol. The van der Waals surface area contributed by atoms with Crippen LogP contribution in [0.5, 0.6) is 0 Å². The summed E-state index contributed by atoms with van der Waals surface area (Å²) in [5.41, 5.74) is 0. The van der Waals surface area contributed by atoms with Gasteiger partial charge in [0.05, 0.1) is 6.54 Å². The van der Waals surface area contributed by atoms with Gasteiger partial charge in [-0.25, -0.2) is 15.0 Å². The van der Waals surface area contributed by atoms with Gasteiger partial charge in [0, 0.05) is 18.5 Å². The van der Waals surface area contributed by atoms with Crippen molar-refractivity contribution in [2.45, 2.75) is 13.5 Å². The summed E-state index contributed by atoms with van der Waals surface area (Å²) in [5.74, 6) is 1.48. The molecule has 6 heteroatoms. The summed E-state index contributed by atoms with van der Waals surface area (Å²) in [4.78, 5) is 12.2. The zero-order valence-corrected chi connectivity index (χ0v) is 9.50. The van der Waals surface area contributed by atoms with Gasteiger partial charge in [-0.1, -0.05) is 23.2 Å². The van der Waals surface area contributed by atoms with Crippen molar-refractivity contribution in [2.75, 3.05) is 0 Å². The highest BCUT2D eigenvalue weighted by Crippen LogP contribution is 2.12. The molecule has 0 radical (unpaired) electrons. The largest absolute Gasteiger partial charge is 0.328 e. The Morgan fingerprint density at radius 3 is 2.47 bits per heavy atom. The van der Waals surface area contributed by atoms with Gasteiger partial charge in [0.15, 0.2) is 5.82 Å². The number of aromatic nitrogens is 4. The molecule has 0 saturated carbocycles. The molecule has 0 fully saturated rings. The molecule has 2 rings (SSSR count). The molecule has 15 heavy (non-hydrogen) atoms. The number of imidazole rings is 1. The topological polar surface area (TPSA) is 43.6 Å². The maximum Gasteiger partial charge on any atom is 0.151 e. The Hall–Kier alpha value is -1.13. The molecule has 0 unspecified atom stereocenters. The Morgan fingerprint density at radius 2 is 1.93 bits per heavy atom. The molecule has 0 aromatic carbocycles. The lowest BCUT2D eigenvalue weighted by molar-refractivity contribution is 0.717.